The number of amides is 1. The lowest BCUT2D eigenvalue weighted by Gasteiger charge is -2.04. The van der Waals surface area contributed by atoms with Crippen LogP contribution in [0.4, 0.5) is 5.13 Å². The van der Waals surface area contributed by atoms with Crippen LogP contribution < -0.4 is 10.7 Å². The Morgan fingerprint density at radius 2 is 2.04 bits per heavy atom. The van der Waals surface area contributed by atoms with Crippen molar-refractivity contribution in [3.05, 3.63) is 56.3 Å². The lowest BCUT2D eigenvalue weighted by molar-refractivity contribution is 0.0531. The van der Waals surface area contributed by atoms with Gasteiger partial charge < -0.3 is 9.72 Å². The van der Waals surface area contributed by atoms with Crippen molar-refractivity contribution in [2.45, 2.75) is 20.8 Å². The van der Waals surface area contributed by atoms with Crippen LogP contribution in [0.2, 0.25) is 0 Å². The van der Waals surface area contributed by atoms with Crippen molar-refractivity contribution < 1.29 is 14.3 Å². The Hall–Kier alpha value is -3.00. The highest BCUT2D eigenvalue weighted by atomic mass is 32.1. The van der Waals surface area contributed by atoms with Crippen molar-refractivity contribution in [1.82, 2.24) is 9.97 Å². The van der Waals surface area contributed by atoms with Crippen LogP contribution in [-0.2, 0) is 4.74 Å². The Morgan fingerprint density at radius 1 is 1.27 bits per heavy atom. The number of carbonyl (C=O) groups excluding carboxylic acids is 2. The van der Waals surface area contributed by atoms with Crippen molar-refractivity contribution in [3.8, 4) is 0 Å². The molecule has 0 saturated carbocycles. The molecule has 8 heteroatoms. The van der Waals surface area contributed by atoms with Gasteiger partial charge in [0.15, 0.2) is 10.6 Å². The number of pyridine rings is 1. The monoisotopic (exact) mass is 371 g/mol. The average Bonchev–Trinajstić information content (AvgIpc) is 2.95. The lowest BCUT2D eigenvalue weighted by Crippen LogP contribution is -2.13. The summed E-state index contributed by atoms with van der Waals surface area (Å²) in [4.78, 5) is 44.1. The number of hydrogen-bond donors (Lipinski definition) is 2. The summed E-state index contributed by atoms with van der Waals surface area (Å²) in [5, 5.41) is 3.40. The van der Waals surface area contributed by atoms with Gasteiger partial charge in [0.1, 0.15) is 4.88 Å². The molecule has 2 N–H and O–H groups in total. The van der Waals surface area contributed by atoms with Crippen LogP contribution in [0.1, 0.15) is 38.3 Å². The second kappa shape index (κ2) is 7.09. The van der Waals surface area contributed by atoms with Gasteiger partial charge in [-0.05, 0) is 39.0 Å². The molecule has 7 nitrogen and oxygen atoms in total. The van der Waals surface area contributed by atoms with Crippen LogP contribution in [0.15, 0.2) is 29.1 Å². The zero-order valence-corrected chi connectivity index (χ0v) is 15.3. The molecule has 0 bridgehead atoms. The molecule has 0 aliphatic carbocycles. The van der Waals surface area contributed by atoms with E-state index in [0.717, 1.165) is 17.0 Å². The number of nitrogens with one attached hydrogen (secondary N) is 2. The number of aromatic nitrogens is 2. The van der Waals surface area contributed by atoms with Gasteiger partial charge in [-0.1, -0.05) is 11.3 Å². The molecule has 2 heterocycles. The molecule has 0 radical (unpaired) electrons. The second-order valence-electron chi connectivity index (χ2n) is 5.69. The molecular weight excluding hydrogens is 354 g/mol. The zero-order valence-electron chi connectivity index (χ0n) is 14.5. The van der Waals surface area contributed by atoms with E-state index in [9.17, 15) is 14.4 Å². The summed E-state index contributed by atoms with van der Waals surface area (Å²) < 4.78 is 4.96. The van der Waals surface area contributed by atoms with E-state index < -0.39 is 11.9 Å². The van der Waals surface area contributed by atoms with Gasteiger partial charge in [-0.15, -0.1) is 0 Å². The quantitative estimate of drug-likeness (QED) is 0.687. The first-order chi connectivity index (χ1) is 12.4. The Labute approximate surface area is 153 Å². The van der Waals surface area contributed by atoms with Crippen molar-refractivity contribution in [2.24, 2.45) is 0 Å². The predicted molar refractivity (Wildman–Crippen MR) is 100 cm³/mol. The molecule has 134 valence electrons. The summed E-state index contributed by atoms with van der Waals surface area (Å²) in [6.07, 6.45) is 0. The molecule has 0 aliphatic heterocycles. The zero-order chi connectivity index (χ0) is 18.8. The number of fused-ring (bicyclic) bond motifs is 1. The molecule has 3 aromatic rings. The summed E-state index contributed by atoms with van der Waals surface area (Å²) in [7, 11) is 0. The highest BCUT2D eigenvalue weighted by Crippen LogP contribution is 2.24. The number of aryl methyl sites for hydroxylation is 2. The smallest absolute Gasteiger partial charge is 0.350 e. The normalized spacial score (nSPS) is 10.7. The number of ether oxygens (including phenoxy) is 1. The summed E-state index contributed by atoms with van der Waals surface area (Å²) >= 11 is 1.05. The fraction of sp³-hybridized carbons (Fsp3) is 0.222. The highest BCUT2D eigenvalue weighted by Gasteiger charge is 2.18. The largest absolute Gasteiger partial charge is 0.462 e. The maximum atomic E-state index is 12.5. The van der Waals surface area contributed by atoms with E-state index in [-0.39, 0.29) is 12.0 Å². The number of thiazole rings is 1. The Balaban J connectivity index is 1.87. The van der Waals surface area contributed by atoms with Gasteiger partial charge >= 0.3 is 5.97 Å². The summed E-state index contributed by atoms with van der Waals surface area (Å²) in [5.41, 5.74) is 2.10. The summed E-state index contributed by atoms with van der Waals surface area (Å²) in [6.45, 7) is 5.46. The van der Waals surface area contributed by atoms with Crippen molar-refractivity contribution >= 4 is 39.2 Å². The molecular formula is C18H17N3O4S. The van der Waals surface area contributed by atoms with Crippen LogP contribution in [0, 0.1) is 13.8 Å². The van der Waals surface area contributed by atoms with Crippen LogP contribution in [0.5, 0.6) is 0 Å². The summed E-state index contributed by atoms with van der Waals surface area (Å²) in [6, 6.07) is 6.34. The molecule has 1 amide bonds. The molecule has 26 heavy (non-hydrogen) atoms. The standard InChI is InChI=1S/C18H17N3O4S/c1-4-25-17(24)15-10(3)20-18(26-15)21-16(23)11-5-6-13-12(8-11)14(22)7-9(2)19-13/h5-8H,4H2,1-3H3,(H,19,22)(H,20,21,23). The Morgan fingerprint density at radius 3 is 2.77 bits per heavy atom. The number of nitrogens with zero attached hydrogens (tertiary/aromatic N) is 1. The number of anilines is 1. The number of benzene rings is 1. The van der Waals surface area contributed by atoms with Crippen molar-refractivity contribution in [2.75, 3.05) is 11.9 Å². The van der Waals surface area contributed by atoms with E-state index in [2.05, 4.69) is 15.3 Å². The minimum atomic E-state index is -0.462. The van der Waals surface area contributed by atoms with Crippen molar-refractivity contribution in [1.29, 1.82) is 0 Å². The van der Waals surface area contributed by atoms with E-state index in [1.165, 1.54) is 12.1 Å². The van der Waals surface area contributed by atoms with Gasteiger partial charge in [-0.3, -0.25) is 14.9 Å². The molecule has 1 aromatic carbocycles. The van der Waals surface area contributed by atoms with Gasteiger partial charge in [0.25, 0.3) is 5.91 Å². The average molecular weight is 371 g/mol. The Bertz CT molecular complexity index is 1070. The fourth-order valence-electron chi connectivity index (χ4n) is 2.53. The second-order valence-corrected chi connectivity index (χ2v) is 6.68. The minimum absolute atomic E-state index is 0.152. The molecule has 0 unspecified atom stereocenters. The maximum Gasteiger partial charge on any atom is 0.350 e. The van der Waals surface area contributed by atoms with E-state index in [0.29, 0.717) is 32.2 Å². The number of rotatable bonds is 4. The van der Waals surface area contributed by atoms with Gasteiger partial charge in [0, 0.05) is 28.2 Å². The van der Waals surface area contributed by atoms with Gasteiger partial charge in [0.05, 0.1) is 12.3 Å². The number of esters is 1. The third-order valence-corrected chi connectivity index (χ3v) is 4.76. The molecule has 0 fully saturated rings. The minimum Gasteiger partial charge on any atom is -0.462 e. The van der Waals surface area contributed by atoms with E-state index in [1.54, 1.807) is 32.9 Å². The first-order valence-electron chi connectivity index (χ1n) is 7.98. The number of hydrogen-bond acceptors (Lipinski definition) is 6. The van der Waals surface area contributed by atoms with E-state index in [4.69, 9.17) is 4.74 Å². The fourth-order valence-corrected chi connectivity index (χ4v) is 3.38. The number of H-pyrrole nitrogens is 1. The van der Waals surface area contributed by atoms with E-state index >= 15 is 0 Å². The molecule has 0 atom stereocenters. The molecule has 0 aliphatic rings. The SMILES string of the molecule is CCOC(=O)c1sc(NC(=O)c2ccc3[nH]c(C)cc(=O)c3c2)nc1C. The molecule has 3 rings (SSSR count). The first-order valence-corrected chi connectivity index (χ1v) is 8.80. The van der Waals surface area contributed by atoms with Gasteiger partial charge in [-0.25, -0.2) is 9.78 Å². The Kier molecular flexibility index (Phi) is 4.85. The third-order valence-electron chi connectivity index (χ3n) is 3.70. The topological polar surface area (TPSA) is 101 Å². The van der Waals surface area contributed by atoms with Crippen LogP contribution in [-0.4, -0.2) is 28.5 Å². The molecule has 0 spiro atoms. The van der Waals surface area contributed by atoms with Crippen LogP contribution in [0.3, 0.4) is 0 Å². The van der Waals surface area contributed by atoms with Gasteiger partial charge in [0.2, 0.25) is 0 Å². The van der Waals surface area contributed by atoms with Crippen LogP contribution in [0.25, 0.3) is 10.9 Å². The highest BCUT2D eigenvalue weighted by molar-refractivity contribution is 7.17. The molecule has 2 aromatic heterocycles. The number of carbonyl (C=O) groups is 2. The predicted octanol–water partition coefficient (Wildman–Crippen LogP) is 3.03. The number of aromatic amines is 1. The molecule has 0 saturated heterocycles. The maximum absolute atomic E-state index is 12.5. The van der Waals surface area contributed by atoms with Crippen LogP contribution >= 0.6 is 11.3 Å². The van der Waals surface area contributed by atoms with Crippen molar-refractivity contribution in [3.63, 3.8) is 0 Å². The third kappa shape index (κ3) is 3.50. The van der Waals surface area contributed by atoms with E-state index in [1.807, 2.05) is 0 Å². The first kappa shape index (κ1) is 17.8. The summed E-state index contributed by atoms with van der Waals surface area (Å²) in [5.74, 6) is -0.869. The van der Waals surface area contributed by atoms with Gasteiger partial charge in [-0.2, -0.15) is 0 Å². The lowest BCUT2D eigenvalue weighted by atomic mass is 10.1.